The van der Waals surface area contributed by atoms with Crippen LogP contribution in [-0.4, -0.2) is 10.0 Å². The van der Waals surface area contributed by atoms with Crippen molar-refractivity contribution in [3.05, 3.63) is 67.1 Å². The fourth-order valence-corrected chi connectivity index (χ4v) is 2.63. The number of nitriles is 1. The summed E-state index contributed by atoms with van der Waals surface area (Å²) >= 11 is 9.09. The van der Waals surface area contributed by atoms with Gasteiger partial charge >= 0.3 is 0 Å². The highest BCUT2D eigenvalue weighted by atomic mass is 79.9. The fraction of sp³-hybridized carbons (Fsp3) is 0. The quantitative estimate of drug-likeness (QED) is 0.360. The van der Waals surface area contributed by atoms with Gasteiger partial charge in [-0.15, -0.1) is 0 Å². The summed E-state index contributed by atoms with van der Waals surface area (Å²) in [6.07, 6.45) is 1.47. The molecule has 0 spiro atoms. The number of hydrogen-bond acceptors (Lipinski definition) is 4. The minimum Gasteiger partial charge on any atom is -0.506 e. The molecule has 2 aromatic rings. The summed E-state index contributed by atoms with van der Waals surface area (Å²) in [6, 6.07) is 10.6. The molecule has 0 unspecified atom stereocenters. The van der Waals surface area contributed by atoms with Gasteiger partial charge in [0.05, 0.1) is 21.0 Å². The van der Waals surface area contributed by atoms with E-state index in [4.69, 9.17) is 11.6 Å². The van der Waals surface area contributed by atoms with Crippen LogP contribution >= 0.6 is 27.5 Å². The molecule has 7 heteroatoms. The smallest absolute Gasteiger partial charge is 0.269 e. The summed E-state index contributed by atoms with van der Waals surface area (Å²) in [5.74, 6) is -0.0425. The molecule has 0 bridgehead atoms. The number of non-ortho nitro benzene ring substituents is 1. The van der Waals surface area contributed by atoms with E-state index in [-0.39, 0.29) is 17.0 Å². The second-order valence-corrected chi connectivity index (χ2v) is 5.59. The molecule has 0 amide bonds. The molecule has 0 atom stereocenters. The van der Waals surface area contributed by atoms with Crippen molar-refractivity contribution in [2.24, 2.45) is 0 Å². The Morgan fingerprint density at radius 3 is 2.55 bits per heavy atom. The van der Waals surface area contributed by atoms with Crippen LogP contribution in [0.3, 0.4) is 0 Å². The van der Waals surface area contributed by atoms with Crippen molar-refractivity contribution in [1.29, 1.82) is 5.26 Å². The number of rotatable bonds is 3. The molecule has 0 saturated heterocycles. The number of halogens is 2. The molecule has 2 aromatic carbocycles. The van der Waals surface area contributed by atoms with Crippen LogP contribution in [0.5, 0.6) is 5.75 Å². The lowest BCUT2D eigenvalue weighted by Crippen LogP contribution is -1.89. The standard InChI is InChI=1S/C15H8BrClN2O3/c16-14-7-12(17)6-10(15(14)20)5-11(8-18)9-1-3-13(4-2-9)19(21)22/h1-7,20H/b11-5-. The van der Waals surface area contributed by atoms with Gasteiger partial charge in [0.25, 0.3) is 5.69 Å². The zero-order chi connectivity index (χ0) is 16.3. The lowest BCUT2D eigenvalue weighted by molar-refractivity contribution is -0.384. The van der Waals surface area contributed by atoms with Crippen molar-refractivity contribution < 1.29 is 10.0 Å². The lowest BCUT2D eigenvalue weighted by atomic mass is 10.0. The van der Waals surface area contributed by atoms with E-state index in [1.807, 2.05) is 6.07 Å². The average Bonchev–Trinajstić information content (AvgIpc) is 2.49. The Labute approximate surface area is 139 Å². The lowest BCUT2D eigenvalue weighted by Gasteiger charge is -2.05. The number of allylic oxidation sites excluding steroid dienone is 1. The third-order valence-electron chi connectivity index (χ3n) is 2.87. The summed E-state index contributed by atoms with van der Waals surface area (Å²) in [5, 5.41) is 30.3. The van der Waals surface area contributed by atoms with Crippen LogP contribution in [0, 0.1) is 21.4 Å². The minimum absolute atomic E-state index is 0.0425. The van der Waals surface area contributed by atoms with Crippen LogP contribution < -0.4 is 0 Å². The summed E-state index contributed by atoms with van der Waals surface area (Å²) in [6.45, 7) is 0. The maximum Gasteiger partial charge on any atom is 0.269 e. The average molecular weight is 380 g/mol. The second-order valence-electron chi connectivity index (χ2n) is 4.30. The van der Waals surface area contributed by atoms with Gasteiger partial charge in [-0.2, -0.15) is 5.26 Å². The second kappa shape index (κ2) is 6.60. The van der Waals surface area contributed by atoms with E-state index in [2.05, 4.69) is 15.9 Å². The fourth-order valence-electron chi connectivity index (χ4n) is 1.79. The number of hydrogen-bond donors (Lipinski definition) is 1. The van der Waals surface area contributed by atoms with Crippen molar-refractivity contribution in [3.63, 3.8) is 0 Å². The summed E-state index contributed by atoms with van der Waals surface area (Å²) in [7, 11) is 0. The molecule has 0 aliphatic carbocycles. The van der Waals surface area contributed by atoms with Gasteiger partial charge in [-0.25, -0.2) is 0 Å². The molecule has 1 N–H and O–H groups in total. The maximum atomic E-state index is 10.6. The van der Waals surface area contributed by atoms with Gasteiger partial charge in [-0.3, -0.25) is 10.1 Å². The Hall–Kier alpha value is -2.36. The normalized spacial score (nSPS) is 11.0. The molecular weight excluding hydrogens is 372 g/mol. The van der Waals surface area contributed by atoms with E-state index < -0.39 is 4.92 Å². The van der Waals surface area contributed by atoms with Gasteiger partial charge in [0.15, 0.2) is 0 Å². The van der Waals surface area contributed by atoms with Crippen molar-refractivity contribution in [2.75, 3.05) is 0 Å². The highest BCUT2D eigenvalue weighted by Crippen LogP contribution is 2.34. The number of nitrogens with zero attached hydrogens (tertiary/aromatic N) is 2. The molecule has 22 heavy (non-hydrogen) atoms. The Balaban J connectivity index is 2.48. The van der Waals surface area contributed by atoms with Gasteiger partial charge in [0, 0.05) is 22.7 Å². The molecule has 0 aliphatic rings. The van der Waals surface area contributed by atoms with Crippen molar-refractivity contribution in [2.45, 2.75) is 0 Å². The molecule has 0 fully saturated rings. The topological polar surface area (TPSA) is 87.2 Å². The zero-order valence-corrected chi connectivity index (χ0v) is 13.3. The van der Waals surface area contributed by atoms with Crippen LogP contribution in [-0.2, 0) is 0 Å². The third-order valence-corrected chi connectivity index (χ3v) is 3.69. The van der Waals surface area contributed by atoms with Gasteiger partial charge in [-0.05, 0) is 51.8 Å². The number of phenolic OH excluding ortho intramolecular Hbond substituents is 1. The van der Waals surface area contributed by atoms with Gasteiger partial charge in [-0.1, -0.05) is 11.6 Å². The van der Waals surface area contributed by atoms with Crippen LogP contribution in [0.25, 0.3) is 11.6 Å². The SMILES string of the molecule is N#C/C(=C/c1cc(Cl)cc(Br)c1O)c1ccc([N+](=O)[O-])cc1. The molecule has 2 rings (SSSR count). The van der Waals surface area contributed by atoms with Gasteiger partial charge in [0.2, 0.25) is 0 Å². The number of aromatic hydroxyl groups is 1. The van der Waals surface area contributed by atoms with Gasteiger partial charge in [0.1, 0.15) is 5.75 Å². The Kier molecular flexibility index (Phi) is 4.81. The first-order chi connectivity index (χ1) is 10.4. The van der Waals surface area contributed by atoms with Crippen molar-refractivity contribution >= 4 is 44.9 Å². The molecule has 110 valence electrons. The minimum atomic E-state index is -0.514. The summed E-state index contributed by atoms with van der Waals surface area (Å²) < 4.78 is 0.409. The summed E-state index contributed by atoms with van der Waals surface area (Å²) in [5.41, 5.74) is 1.06. The first kappa shape index (κ1) is 16.0. The predicted molar refractivity (Wildman–Crippen MR) is 87.4 cm³/mol. The highest BCUT2D eigenvalue weighted by Gasteiger charge is 2.10. The Bertz CT molecular complexity index is 811. The van der Waals surface area contributed by atoms with Crippen molar-refractivity contribution in [1.82, 2.24) is 0 Å². The molecule has 0 aromatic heterocycles. The first-order valence-corrected chi connectivity index (χ1v) is 7.14. The van der Waals surface area contributed by atoms with E-state index in [0.717, 1.165) is 0 Å². The summed E-state index contributed by atoms with van der Waals surface area (Å²) in [4.78, 5) is 10.1. The van der Waals surface area contributed by atoms with Crippen LogP contribution in [0.2, 0.25) is 5.02 Å². The zero-order valence-electron chi connectivity index (χ0n) is 11.0. The van der Waals surface area contributed by atoms with Crippen LogP contribution in [0.1, 0.15) is 11.1 Å². The Morgan fingerprint density at radius 2 is 2.00 bits per heavy atom. The number of phenols is 1. The first-order valence-electron chi connectivity index (χ1n) is 5.97. The molecule has 0 heterocycles. The number of nitro benzene ring substituents is 1. The van der Waals surface area contributed by atoms with Crippen LogP contribution in [0.15, 0.2) is 40.9 Å². The van der Waals surface area contributed by atoms with Gasteiger partial charge < -0.3 is 5.11 Å². The predicted octanol–water partition coefficient (Wildman–Crippen LogP) is 4.78. The highest BCUT2D eigenvalue weighted by molar-refractivity contribution is 9.10. The van der Waals surface area contributed by atoms with Crippen LogP contribution in [0.4, 0.5) is 5.69 Å². The van der Waals surface area contributed by atoms with E-state index in [1.165, 1.54) is 42.5 Å². The van der Waals surface area contributed by atoms with E-state index in [1.54, 1.807) is 0 Å². The Morgan fingerprint density at radius 1 is 1.36 bits per heavy atom. The largest absolute Gasteiger partial charge is 0.506 e. The van der Waals surface area contributed by atoms with E-state index in [9.17, 15) is 20.5 Å². The molecule has 0 radical (unpaired) electrons. The van der Waals surface area contributed by atoms with E-state index in [0.29, 0.717) is 20.6 Å². The molecular formula is C15H8BrClN2O3. The third kappa shape index (κ3) is 3.45. The molecule has 0 aliphatic heterocycles. The monoisotopic (exact) mass is 378 g/mol. The molecule has 5 nitrogen and oxygen atoms in total. The molecule has 0 saturated carbocycles. The van der Waals surface area contributed by atoms with E-state index >= 15 is 0 Å². The van der Waals surface area contributed by atoms with Crippen molar-refractivity contribution in [3.8, 4) is 11.8 Å². The number of nitro groups is 1. The number of benzene rings is 2. The maximum absolute atomic E-state index is 10.6.